The summed E-state index contributed by atoms with van der Waals surface area (Å²) < 4.78 is 12.6. The standard InChI is InChI=1S/C24H20O4S2/c1-3-27-23(25)17-13-9-8-12-16(17)18-14-29-21-19(15-10-6-5-7-11-15)22(30-20(18)21)24(26)28-4-2/h5-14H,3-4H2,1-2H3. The molecule has 30 heavy (non-hydrogen) atoms. The van der Waals surface area contributed by atoms with Crippen LogP contribution in [0, 0.1) is 0 Å². The van der Waals surface area contributed by atoms with Crippen molar-refractivity contribution >= 4 is 44.0 Å². The van der Waals surface area contributed by atoms with Gasteiger partial charge in [-0.25, -0.2) is 9.59 Å². The summed E-state index contributed by atoms with van der Waals surface area (Å²) in [5, 5.41) is 2.04. The second-order valence-electron chi connectivity index (χ2n) is 6.47. The van der Waals surface area contributed by atoms with Gasteiger partial charge in [-0.2, -0.15) is 0 Å². The van der Waals surface area contributed by atoms with Crippen molar-refractivity contribution in [2.45, 2.75) is 13.8 Å². The van der Waals surface area contributed by atoms with E-state index in [1.54, 1.807) is 31.3 Å². The van der Waals surface area contributed by atoms with Crippen molar-refractivity contribution in [1.29, 1.82) is 0 Å². The van der Waals surface area contributed by atoms with Gasteiger partial charge in [0.15, 0.2) is 0 Å². The summed E-state index contributed by atoms with van der Waals surface area (Å²) in [5.41, 5.74) is 4.11. The van der Waals surface area contributed by atoms with Crippen molar-refractivity contribution in [3.8, 4) is 22.3 Å². The third kappa shape index (κ3) is 3.64. The third-order valence-corrected chi connectivity index (χ3v) is 6.97. The van der Waals surface area contributed by atoms with Gasteiger partial charge in [-0.3, -0.25) is 0 Å². The summed E-state index contributed by atoms with van der Waals surface area (Å²) in [6, 6.07) is 17.3. The van der Waals surface area contributed by atoms with E-state index in [0.717, 1.165) is 31.7 Å². The summed E-state index contributed by atoms with van der Waals surface area (Å²) in [4.78, 5) is 25.8. The molecular weight excluding hydrogens is 416 g/mol. The monoisotopic (exact) mass is 436 g/mol. The predicted molar refractivity (Wildman–Crippen MR) is 122 cm³/mol. The van der Waals surface area contributed by atoms with E-state index >= 15 is 0 Å². The molecule has 0 atom stereocenters. The molecule has 0 bridgehead atoms. The summed E-state index contributed by atoms with van der Waals surface area (Å²) in [6.07, 6.45) is 0. The topological polar surface area (TPSA) is 52.6 Å². The van der Waals surface area contributed by atoms with Crippen LogP contribution < -0.4 is 0 Å². The van der Waals surface area contributed by atoms with Crippen LogP contribution in [0.1, 0.15) is 33.9 Å². The maximum atomic E-state index is 12.7. The molecule has 0 unspecified atom stereocenters. The van der Waals surface area contributed by atoms with Crippen LogP contribution in [0.3, 0.4) is 0 Å². The molecule has 2 aromatic carbocycles. The number of benzene rings is 2. The summed E-state index contributed by atoms with van der Waals surface area (Å²) in [7, 11) is 0. The molecule has 0 aliphatic carbocycles. The lowest BCUT2D eigenvalue weighted by Crippen LogP contribution is -2.06. The van der Waals surface area contributed by atoms with Gasteiger partial charge in [0.25, 0.3) is 0 Å². The Morgan fingerprint density at radius 1 is 0.800 bits per heavy atom. The number of fused-ring (bicyclic) bond motifs is 1. The molecule has 0 fully saturated rings. The fourth-order valence-electron chi connectivity index (χ4n) is 3.38. The maximum absolute atomic E-state index is 12.7. The minimum absolute atomic E-state index is 0.316. The SMILES string of the molecule is CCOC(=O)c1ccccc1-c1csc2c(-c3ccccc3)c(C(=O)OCC)sc12. The summed E-state index contributed by atoms with van der Waals surface area (Å²) in [6.45, 7) is 4.23. The molecule has 4 nitrogen and oxygen atoms in total. The van der Waals surface area contributed by atoms with E-state index in [1.807, 2.05) is 53.9 Å². The van der Waals surface area contributed by atoms with Crippen LogP contribution in [-0.2, 0) is 9.47 Å². The molecule has 0 aliphatic rings. The Bertz CT molecular complexity index is 1200. The van der Waals surface area contributed by atoms with Crippen LogP contribution in [0.2, 0.25) is 0 Å². The number of ether oxygens (including phenoxy) is 2. The first kappa shape index (κ1) is 20.3. The molecule has 152 valence electrons. The lowest BCUT2D eigenvalue weighted by Gasteiger charge is -2.07. The Morgan fingerprint density at radius 3 is 2.20 bits per heavy atom. The molecule has 0 N–H and O–H groups in total. The van der Waals surface area contributed by atoms with Crippen molar-refractivity contribution in [2.75, 3.05) is 13.2 Å². The van der Waals surface area contributed by atoms with Gasteiger partial charge in [0.2, 0.25) is 0 Å². The van der Waals surface area contributed by atoms with Gasteiger partial charge in [-0.15, -0.1) is 22.7 Å². The zero-order valence-corrected chi connectivity index (χ0v) is 18.3. The lowest BCUT2D eigenvalue weighted by atomic mass is 10.0. The molecule has 2 heterocycles. The van der Waals surface area contributed by atoms with Crippen LogP contribution >= 0.6 is 22.7 Å². The highest BCUT2D eigenvalue weighted by Gasteiger charge is 2.25. The number of carbonyl (C=O) groups is 2. The largest absolute Gasteiger partial charge is 0.462 e. The second kappa shape index (κ2) is 8.81. The second-order valence-corrected chi connectivity index (χ2v) is 8.37. The molecular formula is C24H20O4S2. The van der Waals surface area contributed by atoms with E-state index < -0.39 is 0 Å². The van der Waals surface area contributed by atoms with Crippen molar-refractivity contribution < 1.29 is 19.1 Å². The molecule has 4 aromatic rings. The number of rotatable bonds is 6. The molecule has 6 heteroatoms. The Morgan fingerprint density at radius 2 is 1.47 bits per heavy atom. The average molecular weight is 437 g/mol. The molecule has 0 saturated carbocycles. The van der Waals surface area contributed by atoms with Gasteiger partial charge >= 0.3 is 11.9 Å². The Kier molecular flexibility index (Phi) is 5.97. The Hall–Kier alpha value is -2.96. The van der Waals surface area contributed by atoms with Crippen molar-refractivity contribution in [1.82, 2.24) is 0 Å². The summed E-state index contributed by atoms with van der Waals surface area (Å²) >= 11 is 2.98. The molecule has 0 spiro atoms. The van der Waals surface area contributed by atoms with Crippen molar-refractivity contribution in [2.24, 2.45) is 0 Å². The minimum atomic E-state index is -0.349. The Balaban J connectivity index is 1.94. The van der Waals surface area contributed by atoms with Crippen molar-refractivity contribution in [3.05, 3.63) is 70.4 Å². The zero-order chi connectivity index (χ0) is 21.1. The fourth-order valence-corrected chi connectivity index (χ4v) is 5.96. The van der Waals surface area contributed by atoms with Gasteiger partial charge < -0.3 is 9.47 Å². The third-order valence-electron chi connectivity index (χ3n) is 4.64. The Labute approximate surface area is 182 Å². The predicted octanol–water partition coefficient (Wildman–Crippen LogP) is 6.65. The van der Waals surface area contributed by atoms with Crippen molar-refractivity contribution in [3.63, 3.8) is 0 Å². The minimum Gasteiger partial charge on any atom is -0.462 e. The van der Waals surface area contributed by atoms with E-state index in [2.05, 4.69) is 0 Å². The smallest absolute Gasteiger partial charge is 0.349 e. The number of esters is 2. The normalized spacial score (nSPS) is 10.9. The molecule has 0 aliphatic heterocycles. The molecule has 4 rings (SSSR count). The number of hydrogen-bond acceptors (Lipinski definition) is 6. The van der Waals surface area contributed by atoms with Gasteiger partial charge in [0.1, 0.15) is 4.88 Å². The maximum Gasteiger partial charge on any atom is 0.349 e. The van der Waals surface area contributed by atoms with Gasteiger partial charge in [0, 0.05) is 16.5 Å². The molecule has 2 aromatic heterocycles. The highest BCUT2D eigenvalue weighted by atomic mass is 32.1. The summed E-state index contributed by atoms with van der Waals surface area (Å²) in [5.74, 6) is -0.674. The first-order valence-corrected chi connectivity index (χ1v) is 11.4. The van der Waals surface area contributed by atoms with Gasteiger partial charge in [0.05, 0.1) is 28.2 Å². The van der Waals surface area contributed by atoms with Crippen LogP contribution in [0.5, 0.6) is 0 Å². The number of thiophene rings is 2. The van der Waals surface area contributed by atoms with Gasteiger partial charge in [-0.05, 0) is 31.0 Å². The van der Waals surface area contributed by atoms with Crippen LogP contribution in [0.25, 0.3) is 31.7 Å². The first-order chi connectivity index (χ1) is 14.7. The zero-order valence-electron chi connectivity index (χ0n) is 16.6. The number of carbonyl (C=O) groups excluding carboxylic acids is 2. The lowest BCUT2D eigenvalue weighted by molar-refractivity contribution is 0.0520. The van der Waals surface area contributed by atoms with Gasteiger partial charge in [-0.1, -0.05) is 48.5 Å². The van der Waals surface area contributed by atoms with E-state index in [1.165, 1.54) is 11.3 Å². The molecule has 0 radical (unpaired) electrons. The average Bonchev–Trinajstić information content (AvgIpc) is 3.34. The van der Waals surface area contributed by atoms with E-state index in [-0.39, 0.29) is 11.9 Å². The van der Waals surface area contributed by atoms with Crippen LogP contribution in [0.15, 0.2) is 60.0 Å². The molecule has 0 saturated heterocycles. The molecule has 0 amide bonds. The van der Waals surface area contributed by atoms with E-state index in [9.17, 15) is 9.59 Å². The fraction of sp³-hybridized carbons (Fsp3) is 0.167. The quantitative estimate of drug-likeness (QED) is 0.318. The number of hydrogen-bond donors (Lipinski definition) is 0. The highest BCUT2D eigenvalue weighted by Crippen LogP contribution is 2.47. The van der Waals surface area contributed by atoms with E-state index in [0.29, 0.717) is 23.7 Å². The highest BCUT2D eigenvalue weighted by molar-refractivity contribution is 7.29. The van der Waals surface area contributed by atoms with E-state index in [4.69, 9.17) is 9.47 Å². The van der Waals surface area contributed by atoms with Crippen LogP contribution in [0.4, 0.5) is 0 Å². The van der Waals surface area contributed by atoms with Crippen LogP contribution in [-0.4, -0.2) is 25.2 Å². The first-order valence-electron chi connectivity index (χ1n) is 9.68.